The number of benzene rings is 1. The van der Waals surface area contributed by atoms with Crippen molar-refractivity contribution in [2.75, 3.05) is 12.8 Å². The average molecular weight is 334 g/mol. The van der Waals surface area contributed by atoms with Gasteiger partial charge >= 0.3 is 0 Å². The number of pyridine rings is 1. The first-order valence-electron chi connectivity index (χ1n) is 7.60. The molecular weight excluding hydrogens is 315 g/mol. The van der Waals surface area contributed by atoms with Gasteiger partial charge in [0, 0.05) is 18.7 Å². The van der Waals surface area contributed by atoms with Crippen molar-refractivity contribution in [3.05, 3.63) is 65.2 Å². The number of aromatic nitrogens is 1. The second-order valence-electron chi connectivity index (χ2n) is 5.89. The van der Waals surface area contributed by atoms with Gasteiger partial charge in [0.05, 0.1) is 18.0 Å². The average Bonchev–Trinajstić information content (AvgIpc) is 2.97. The Balaban J connectivity index is 1.85. The lowest BCUT2D eigenvalue weighted by Crippen LogP contribution is -2.30. The second-order valence-corrected chi connectivity index (χ2v) is 7.83. The first-order valence-corrected chi connectivity index (χ1v) is 9.45. The van der Waals surface area contributed by atoms with Crippen LogP contribution < -0.4 is 0 Å². The third kappa shape index (κ3) is 3.76. The Hall–Kier alpha value is -1.79. The van der Waals surface area contributed by atoms with E-state index in [1.807, 2.05) is 24.3 Å². The molecule has 1 aliphatic rings. The molecule has 2 aromatic rings. The van der Waals surface area contributed by atoms with Gasteiger partial charge in [-0.1, -0.05) is 18.2 Å². The highest BCUT2D eigenvalue weighted by Crippen LogP contribution is 2.32. The molecule has 0 amide bonds. The van der Waals surface area contributed by atoms with Crippen LogP contribution >= 0.6 is 0 Å². The van der Waals surface area contributed by atoms with Crippen LogP contribution in [0.25, 0.3) is 0 Å². The van der Waals surface area contributed by atoms with Gasteiger partial charge in [0.15, 0.2) is 0 Å². The summed E-state index contributed by atoms with van der Waals surface area (Å²) < 4.78 is 38.6. The number of hydrogen-bond donors (Lipinski definition) is 0. The first-order chi connectivity index (χ1) is 10.9. The molecule has 4 nitrogen and oxygen atoms in total. The van der Waals surface area contributed by atoms with E-state index in [0.717, 1.165) is 29.8 Å². The van der Waals surface area contributed by atoms with Gasteiger partial charge in [-0.3, -0.25) is 4.98 Å². The normalized spacial score (nSPS) is 19.1. The first kappa shape index (κ1) is 16.1. The molecule has 23 heavy (non-hydrogen) atoms. The fourth-order valence-corrected chi connectivity index (χ4v) is 4.21. The molecule has 0 N–H and O–H groups in total. The molecule has 0 radical (unpaired) electrons. The van der Waals surface area contributed by atoms with Crippen molar-refractivity contribution in [3.8, 4) is 0 Å². The number of nitrogens with zero attached hydrogens (tertiary/aromatic N) is 2. The zero-order chi connectivity index (χ0) is 16.4. The molecule has 2 heterocycles. The zero-order valence-corrected chi connectivity index (χ0v) is 13.8. The smallest absolute Gasteiger partial charge is 0.211 e. The summed E-state index contributed by atoms with van der Waals surface area (Å²) in [5.41, 5.74) is 2.43. The van der Waals surface area contributed by atoms with Crippen LogP contribution in [0, 0.1) is 5.82 Å². The minimum atomic E-state index is -3.23. The molecular formula is C17H19FN2O2S. The maximum absolute atomic E-state index is 13.3. The Morgan fingerprint density at radius 1 is 1.26 bits per heavy atom. The van der Waals surface area contributed by atoms with E-state index >= 15 is 0 Å². The molecule has 1 unspecified atom stereocenters. The van der Waals surface area contributed by atoms with Crippen LogP contribution in [-0.4, -0.2) is 30.5 Å². The van der Waals surface area contributed by atoms with Crippen molar-refractivity contribution < 1.29 is 12.8 Å². The Kier molecular flexibility index (Phi) is 4.46. The quantitative estimate of drug-likeness (QED) is 0.864. The maximum Gasteiger partial charge on any atom is 0.211 e. The summed E-state index contributed by atoms with van der Waals surface area (Å²) in [7, 11) is -3.23. The number of halogens is 1. The Bertz CT molecular complexity index is 808. The lowest BCUT2D eigenvalue weighted by Gasteiger charge is -2.22. The highest BCUT2D eigenvalue weighted by atomic mass is 32.2. The van der Waals surface area contributed by atoms with Crippen LogP contribution in [0.5, 0.6) is 0 Å². The van der Waals surface area contributed by atoms with E-state index in [2.05, 4.69) is 4.98 Å². The highest BCUT2D eigenvalue weighted by Gasteiger charge is 2.33. The predicted molar refractivity (Wildman–Crippen MR) is 87.0 cm³/mol. The molecule has 0 bridgehead atoms. The van der Waals surface area contributed by atoms with Crippen LogP contribution in [0.15, 0.2) is 42.5 Å². The van der Waals surface area contributed by atoms with E-state index in [1.165, 1.54) is 22.7 Å². The second kappa shape index (κ2) is 6.37. The Morgan fingerprint density at radius 3 is 2.78 bits per heavy atom. The van der Waals surface area contributed by atoms with Gasteiger partial charge in [0.1, 0.15) is 5.82 Å². The summed E-state index contributed by atoms with van der Waals surface area (Å²) >= 11 is 0. The topological polar surface area (TPSA) is 50.3 Å². The fraction of sp³-hybridized carbons (Fsp3) is 0.353. The molecule has 1 aromatic carbocycles. The van der Waals surface area contributed by atoms with Crippen molar-refractivity contribution in [2.45, 2.75) is 25.3 Å². The van der Waals surface area contributed by atoms with Gasteiger partial charge in [-0.2, -0.15) is 4.31 Å². The highest BCUT2D eigenvalue weighted by molar-refractivity contribution is 7.88. The van der Waals surface area contributed by atoms with Gasteiger partial charge in [-0.25, -0.2) is 12.8 Å². The predicted octanol–water partition coefficient (Wildman–Crippen LogP) is 2.91. The third-order valence-electron chi connectivity index (χ3n) is 4.07. The zero-order valence-electron chi connectivity index (χ0n) is 12.9. The van der Waals surface area contributed by atoms with Crippen LogP contribution in [0.2, 0.25) is 0 Å². The molecule has 6 heteroatoms. The van der Waals surface area contributed by atoms with E-state index in [9.17, 15) is 12.8 Å². The van der Waals surface area contributed by atoms with E-state index in [-0.39, 0.29) is 11.9 Å². The van der Waals surface area contributed by atoms with E-state index in [0.29, 0.717) is 13.0 Å². The molecule has 1 aliphatic heterocycles. The third-order valence-corrected chi connectivity index (χ3v) is 5.36. The lowest BCUT2D eigenvalue weighted by atomic mass is 10.1. The largest absolute Gasteiger partial charge is 0.256 e. The van der Waals surface area contributed by atoms with Crippen molar-refractivity contribution in [1.82, 2.24) is 9.29 Å². The molecule has 3 rings (SSSR count). The molecule has 122 valence electrons. The van der Waals surface area contributed by atoms with Gasteiger partial charge in [-0.05, 0) is 42.7 Å². The number of sulfonamides is 1. The Morgan fingerprint density at radius 2 is 2.04 bits per heavy atom. The number of rotatable bonds is 4. The van der Waals surface area contributed by atoms with Crippen LogP contribution in [0.3, 0.4) is 0 Å². The molecule has 1 atom stereocenters. The van der Waals surface area contributed by atoms with Crippen molar-refractivity contribution in [2.24, 2.45) is 0 Å². The van der Waals surface area contributed by atoms with E-state index < -0.39 is 10.0 Å². The summed E-state index contributed by atoms with van der Waals surface area (Å²) in [5.74, 6) is -0.266. The lowest BCUT2D eigenvalue weighted by molar-refractivity contribution is 0.393. The molecule has 1 saturated heterocycles. The van der Waals surface area contributed by atoms with Gasteiger partial charge in [0.25, 0.3) is 0 Å². The summed E-state index contributed by atoms with van der Waals surface area (Å²) in [6, 6.07) is 11.9. The van der Waals surface area contributed by atoms with Crippen molar-refractivity contribution in [3.63, 3.8) is 0 Å². The van der Waals surface area contributed by atoms with Gasteiger partial charge in [-0.15, -0.1) is 0 Å². The minimum Gasteiger partial charge on any atom is -0.256 e. The molecule has 1 aromatic heterocycles. The molecule has 0 spiro atoms. The monoisotopic (exact) mass is 334 g/mol. The molecule has 1 fully saturated rings. The van der Waals surface area contributed by atoms with Crippen molar-refractivity contribution >= 4 is 10.0 Å². The standard InChI is InChI=1S/C17H19FN2O2S/c1-23(21,22)20-10-4-9-17(20)16-8-3-7-15(19-16)12-13-5-2-6-14(18)11-13/h2-3,5-8,11,17H,4,9-10,12H2,1H3. The van der Waals surface area contributed by atoms with E-state index in [1.54, 1.807) is 6.07 Å². The molecule has 0 saturated carbocycles. The van der Waals surface area contributed by atoms with E-state index in [4.69, 9.17) is 0 Å². The van der Waals surface area contributed by atoms with Crippen LogP contribution in [0.1, 0.15) is 35.8 Å². The summed E-state index contributed by atoms with van der Waals surface area (Å²) in [5, 5.41) is 0. The maximum atomic E-state index is 13.3. The van der Waals surface area contributed by atoms with Gasteiger partial charge in [0.2, 0.25) is 10.0 Å². The Labute approximate surface area is 136 Å². The fourth-order valence-electron chi connectivity index (χ4n) is 3.07. The minimum absolute atomic E-state index is 0.197. The molecule has 0 aliphatic carbocycles. The van der Waals surface area contributed by atoms with Crippen LogP contribution in [-0.2, 0) is 16.4 Å². The summed E-state index contributed by atoms with van der Waals surface area (Å²) in [6.07, 6.45) is 3.39. The summed E-state index contributed by atoms with van der Waals surface area (Å²) in [4.78, 5) is 4.61. The van der Waals surface area contributed by atoms with Crippen LogP contribution in [0.4, 0.5) is 4.39 Å². The summed E-state index contributed by atoms with van der Waals surface area (Å²) in [6.45, 7) is 0.541. The number of hydrogen-bond acceptors (Lipinski definition) is 3. The van der Waals surface area contributed by atoms with Gasteiger partial charge < -0.3 is 0 Å². The van der Waals surface area contributed by atoms with Crippen molar-refractivity contribution in [1.29, 1.82) is 0 Å². The SMILES string of the molecule is CS(=O)(=O)N1CCCC1c1cccc(Cc2cccc(F)c2)n1.